The number of hydrogen-bond acceptors (Lipinski definition) is 3. The van der Waals surface area contributed by atoms with Gasteiger partial charge in [-0.1, -0.05) is 26.0 Å². The molecule has 1 aromatic rings. The highest BCUT2D eigenvalue weighted by molar-refractivity contribution is 14.0. The first kappa shape index (κ1) is 23.8. The van der Waals surface area contributed by atoms with E-state index in [1.54, 1.807) is 19.2 Å². The van der Waals surface area contributed by atoms with Crippen LogP contribution < -0.4 is 15.4 Å². The molecule has 5 nitrogen and oxygen atoms in total. The van der Waals surface area contributed by atoms with Crippen molar-refractivity contribution in [3.8, 4) is 5.75 Å². The Labute approximate surface area is 165 Å². The first-order valence-electron chi connectivity index (χ1n) is 8.07. The van der Waals surface area contributed by atoms with Gasteiger partial charge >= 0.3 is 6.61 Å². The summed E-state index contributed by atoms with van der Waals surface area (Å²) in [6.07, 6.45) is 0.880. The van der Waals surface area contributed by atoms with E-state index in [0.29, 0.717) is 25.0 Å². The lowest BCUT2D eigenvalue weighted by Crippen LogP contribution is -2.37. The van der Waals surface area contributed by atoms with Crippen LogP contribution in [0, 0.1) is 5.92 Å². The number of ether oxygens (including phenoxy) is 2. The van der Waals surface area contributed by atoms with Crippen LogP contribution in [0.25, 0.3) is 0 Å². The van der Waals surface area contributed by atoms with Gasteiger partial charge in [0.15, 0.2) is 5.96 Å². The fraction of sp³-hybridized carbons (Fsp3) is 0.588. The lowest BCUT2D eigenvalue weighted by atomic mass is 10.2. The second kappa shape index (κ2) is 14.1. The van der Waals surface area contributed by atoms with Crippen LogP contribution in [0.3, 0.4) is 0 Å². The van der Waals surface area contributed by atoms with E-state index < -0.39 is 6.61 Å². The van der Waals surface area contributed by atoms with Crippen molar-refractivity contribution >= 4 is 29.9 Å². The molecule has 8 heteroatoms. The average molecular weight is 471 g/mol. The monoisotopic (exact) mass is 471 g/mol. The molecule has 0 aliphatic carbocycles. The number of alkyl halides is 2. The molecule has 0 aliphatic heterocycles. The molecule has 144 valence electrons. The van der Waals surface area contributed by atoms with Crippen LogP contribution in [-0.4, -0.2) is 39.4 Å². The molecule has 0 atom stereocenters. The van der Waals surface area contributed by atoms with Gasteiger partial charge in [0.25, 0.3) is 0 Å². The van der Waals surface area contributed by atoms with Crippen molar-refractivity contribution in [1.29, 1.82) is 0 Å². The fourth-order valence-electron chi connectivity index (χ4n) is 1.94. The second-order valence-corrected chi connectivity index (χ2v) is 5.70. The molecule has 0 aromatic heterocycles. The minimum atomic E-state index is -2.82. The Kier molecular flexibility index (Phi) is 13.4. The molecule has 0 heterocycles. The van der Waals surface area contributed by atoms with Crippen LogP contribution in [0.2, 0.25) is 0 Å². The summed E-state index contributed by atoms with van der Waals surface area (Å²) in [7, 11) is 1.68. The van der Waals surface area contributed by atoms with Gasteiger partial charge < -0.3 is 20.1 Å². The van der Waals surface area contributed by atoms with Gasteiger partial charge in [-0.05, 0) is 30.0 Å². The predicted molar refractivity (Wildman–Crippen MR) is 107 cm³/mol. The van der Waals surface area contributed by atoms with Crippen molar-refractivity contribution in [3.63, 3.8) is 0 Å². The van der Waals surface area contributed by atoms with E-state index in [9.17, 15) is 8.78 Å². The molecule has 0 amide bonds. The van der Waals surface area contributed by atoms with Crippen molar-refractivity contribution in [1.82, 2.24) is 10.6 Å². The van der Waals surface area contributed by atoms with Gasteiger partial charge in [-0.25, -0.2) is 0 Å². The van der Waals surface area contributed by atoms with E-state index in [1.165, 1.54) is 6.07 Å². The molecule has 0 radical (unpaired) electrons. The average Bonchev–Trinajstić information content (AvgIpc) is 2.53. The number of rotatable bonds is 10. The Morgan fingerprint density at radius 2 is 2.00 bits per heavy atom. The normalized spacial score (nSPS) is 11.4. The third-order valence-electron chi connectivity index (χ3n) is 3.02. The summed E-state index contributed by atoms with van der Waals surface area (Å²) >= 11 is 0. The predicted octanol–water partition coefficient (Wildman–Crippen LogP) is 3.63. The molecule has 0 saturated heterocycles. The van der Waals surface area contributed by atoms with Gasteiger partial charge in [0.2, 0.25) is 0 Å². The van der Waals surface area contributed by atoms with Gasteiger partial charge in [-0.2, -0.15) is 8.78 Å². The van der Waals surface area contributed by atoms with Crippen molar-refractivity contribution in [3.05, 3.63) is 29.8 Å². The van der Waals surface area contributed by atoms with Gasteiger partial charge in [0.1, 0.15) is 5.75 Å². The minimum Gasteiger partial charge on any atom is -0.435 e. The van der Waals surface area contributed by atoms with E-state index in [-0.39, 0.29) is 29.7 Å². The number of hydrogen-bond donors (Lipinski definition) is 2. The van der Waals surface area contributed by atoms with E-state index in [0.717, 1.165) is 25.1 Å². The molecular weight excluding hydrogens is 443 g/mol. The molecule has 0 spiro atoms. The lowest BCUT2D eigenvalue weighted by Gasteiger charge is -2.13. The molecule has 2 N–H and O–H groups in total. The van der Waals surface area contributed by atoms with E-state index in [1.807, 2.05) is 6.07 Å². The summed E-state index contributed by atoms with van der Waals surface area (Å²) in [5.41, 5.74) is 0.830. The molecule has 0 fully saturated rings. The van der Waals surface area contributed by atoms with E-state index in [4.69, 9.17) is 4.74 Å². The van der Waals surface area contributed by atoms with Crippen molar-refractivity contribution in [2.24, 2.45) is 10.9 Å². The van der Waals surface area contributed by atoms with Crippen LogP contribution in [0.4, 0.5) is 8.78 Å². The molecule has 0 aliphatic rings. The molecule has 25 heavy (non-hydrogen) atoms. The first-order valence-corrected chi connectivity index (χ1v) is 8.07. The van der Waals surface area contributed by atoms with Gasteiger partial charge in [-0.15, -0.1) is 24.0 Å². The third-order valence-corrected chi connectivity index (χ3v) is 3.02. The Morgan fingerprint density at radius 3 is 2.64 bits per heavy atom. The highest BCUT2D eigenvalue weighted by Crippen LogP contribution is 2.15. The molecule has 0 saturated carbocycles. The summed E-state index contributed by atoms with van der Waals surface area (Å²) < 4.78 is 34.3. The van der Waals surface area contributed by atoms with Crippen LogP contribution in [0.1, 0.15) is 25.8 Å². The molecule has 0 bridgehead atoms. The van der Waals surface area contributed by atoms with Gasteiger partial charge in [0, 0.05) is 33.4 Å². The molecule has 1 aromatic carbocycles. The summed E-state index contributed by atoms with van der Waals surface area (Å²) in [6.45, 7) is 4.09. The van der Waals surface area contributed by atoms with Gasteiger partial charge in [-0.3, -0.25) is 4.99 Å². The first-order chi connectivity index (χ1) is 11.5. The maximum absolute atomic E-state index is 12.2. The lowest BCUT2D eigenvalue weighted by molar-refractivity contribution is -0.0498. The van der Waals surface area contributed by atoms with Crippen molar-refractivity contribution < 1.29 is 18.3 Å². The number of guanidine groups is 1. The Hall–Kier alpha value is -1.16. The highest BCUT2D eigenvalue weighted by atomic mass is 127. The number of aliphatic imine (C=N–C) groups is 1. The van der Waals surface area contributed by atoms with E-state index in [2.05, 4.69) is 34.2 Å². The highest BCUT2D eigenvalue weighted by Gasteiger charge is 2.05. The summed E-state index contributed by atoms with van der Waals surface area (Å²) in [5.74, 6) is 1.34. The number of nitrogens with one attached hydrogen (secondary N) is 2. The number of nitrogens with zero attached hydrogens (tertiary/aromatic N) is 1. The second-order valence-electron chi connectivity index (χ2n) is 5.70. The maximum Gasteiger partial charge on any atom is 0.387 e. The van der Waals surface area contributed by atoms with E-state index >= 15 is 0 Å². The smallest absolute Gasteiger partial charge is 0.387 e. The van der Waals surface area contributed by atoms with Crippen molar-refractivity contribution in [2.45, 2.75) is 33.4 Å². The summed E-state index contributed by atoms with van der Waals surface area (Å²) in [5, 5.41) is 6.31. The molecule has 0 unspecified atom stereocenters. The van der Waals surface area contributed by atoms with Crippen LogP contribution in [0.5, 0.6) is 5.75 Å². The van der Waals surface area contributed by atoms with Crippen molar-refractivity contribution in [2.75, 3.05) is 26.8 Å². The Balaban J connectivity index is 0.00000576. The largest absolute Gasteiger partial charge is 0.435 e. The summed E-state index contributed by atoms with van der Waals surface area (Å²) in [6, 6.07) is 6.58. The topological polar surface area (TPSA) is 54.9 Å². The molecule has 1 rings (SSSR count). The molecular formula is C17H28F2IN3O2. The quantitative estimate of drug-likeness (QED) is 0.237. The number of halogens is 3. The third kappa shape index (κ3) is 11.9. The summed E-state index contributed by atoms with van der Waals surface area (Å²) in [4.78, 5) is 4.12. The number of benzene rings is 1. The zero-order chi connectivity index (χ0) is 17.8. The SMILES string of the molecule is CN=C(NCCCOCC(C)C)NCc1cccc(OC(F)F)c1.I. The minimum absolute atomic E-state index is 0. The Morgan fingerprint density at radius 1 is 1.24 bits per heavy atom. The zero-order valence-electron chi connectivity index (χ0n) is 14.9. The fourth-order valence-corrected chi connectivity index (χ4v) is 1.94. The van der Waals surface area contributed by atoms with Crippen LogP contribution >= 0.6 is 24.0 Å². The maximum atomic E-state index is 12.2. The standard InChI is InChI=1S/C17H27F2N3O2.HI/c1-13(2)12-23-9-5-8-21-17(20-3)22-11-14-6-4-7-15(10-14)24-16(18)19;/h4,6-7,10,13,16H,5,8-9,11-12H2,1-3H3,(H2,20,21,22);1H. The van der Waals surface area contributed by atoms with Gasteiger partial charge in [0.05, 0.1) is 0 Å². The zero-order valence-corrected chi connectivity index (χ0v) is 17.3. The van der Waals surface area contributed by atoms with Crippen LogP contribution in [-0.2, 0) is 11.3 Å². The Bertz CT molecular complexity index is 503. The van der Waals surface area contributed by atoms with Crippen LogP contribution in [0.15, 0.2) is 29.3 Å².